The molecule has 0 amide bonds. The van der Waals surface area contributed by atoms with Crippen LogP contribution in [0.3, 0.4) is 0 Å². The highest BCUT2D eigenvalue weighted by molar-refractivity contribution is 8.00. The molecule has 27 heavy (non-hydrogen) atoms. The zero-order valence-electron chi connectivity index (χ0n) is 14.9. The van der Waals surface area contributed by atoms with Crippen molar-refractivity contribution < 1.29 is 13.2 Å². The van der Waals surface area contributed by atoms with Crippen molar-refractivity contribution in [2.24, 2.45) is 0 Å². The van der Waals surface area contributed by atoms with Gasteiger partial charge in [0, 0.05) is 28.6 Å². The van der Waals surface area contributed by atoms with Crippen molar-refractivity contribution in [3.05, 3.63) is 71.9 Å². The molecule has 140 valence electrons. The molecule has 0 unspecified atom stereocenters. The van der Waals surface area contributed by atoms with Gasteiger partial charge in [-0.2, -0.15) is 0 Å². The summed E-state index contributed by atoms with van der Waals surface area (Å²) < 4.78 is 24.6. The maximum Gasteiger partial charge on any atom is 0.208 e. The number of sulfonamides is 1. The lowest BCUT2D eigenvalue weighted by Crippen LogP contribution is -2.24. The lowest BCUT2D eigenvalue weighted by Gasteiger charge is -2.06. The molecular weight excluding hydrogens is 380 g/mol. The van der Waals surface area contributed by atoms with Crippen LogP contribution < -0.4 is 4.72 Å². The maximum atomic E-state index is 12.5. The highest BCUT2D eigenvalue weighted by Crippen LogP contribution is 2.27. The van der Waals surface area contributed by atoms with Crippen molar-refractivity contribution in [2.45, 2.75) is 11.3 Å². The van der Waals surface area contributed by atoms with Gasteiger partial charge in [-0.05, 0) is 24.1 Å². The summed E-state index contributed by atoms with van der Waals surface area (Å²) in [5.74, 6) is 0.407. The molecule has 1 aromatic heterocycles. The Morgan fingerprint density at radius 2 is 1.81 bits per heavy atom. The van der Waals surface area contributed by atoms with Crippen molar-refractivity contribution in [1.29, 1.82) is 0 Å². The molecular formula is C20H20N2O3S2. The van der Waals surface area contributed by atoms with E-state index in [-0.39, 0.29) is 5.78 Å². The lowest BCUT2D eigenvalue weighted by atomic mass is 10.1. The van der Waals surface area contributed by atoms with Crippen LogP contribution in [0.25, 0.3) is 10.9 Å². The molecule has 0 bridgehead atoms. The van der Waals surface area contributed by atoms with Crippen LogP contribution in [0, 0.1) is 0 Å². The van der Waals surface area contributed by atoms with Gasteiger partial charge in [0.1, 0.15) is 0 Å². The predicted molar refractivity (Wildman–Crippen MR) is 110 cm³/mol. The topological polar surface area (TPSA) is 76.1 Å². The summed E-state index contributed by atoms with van der Waals surface area (Å²) in [6.07, 6.45) is 3.48. The van der Waals surface area contributed by atoms with Gasteiger partial charge in [0.25, 0.3) is 0 Å². The first kappa shape index (κ1) is 19.5. The van der Waals surface area contributed by atoms with Crippen molar-refractivity contribution in [1.82, 2.24) is 9.71 Å². The predicted octanol–water partition coefficient (Wildman–Crippen LogP) is 3.30. The number of rotatable bonds is 8. The highest BCUT2D eigenvalue weighted by atomic mass is 32.2. The number of para-hydroxylation sites is 1. The minimum Gasteiger partial charge on any atom is -0.293 e. The second-order valence-electron chi connectivity index (χ2n) is 6.15. The van der Waals surface area contributed by atoms with Crippen LogP contribution in [-0.4, -0.2) is 37.7 Å². The van der Waals surface area contributed by atoms with Gasteiger partial charge in [-0.1, -0.05) is 42.5 Å². The Morgan fingerprint density at radius 3 is 2.56 bits per heavy atom. The standard InChI is InChI=1S/C20H20N2O3S2/c1-27(24,25)22-13-10-15-6-8-16(9-7-15)19(23)14-26-20-11-12-21-18-5-3-2-4-17(18)20/h2-9,11-12,22H,10,13-14H2,1H3. The second-order valence-corrected chi connectivity index (χ2v) is 9.00. The molecule has 0 fully saturated rings. The number of aromatic nitrogens is 1. The van der Waals surface area contributed by atoms with E-state index in [2.05, 4.69) is 9.71 Å². The normalized spacial score (nSPS) is 11.6. The molecule has 5 nitrogen and oxygen atoms in total. The number of fused-ring (bicyclic) bond motifs is 1. The Bertz CT molecular complexity index is 1040. The van der Waals surface area contributed by atoms with E-state index in [4.69, 9.17) is 0 Å². The van der Waals surface area contributed by atoms with E-state index in [0.717, 1.165) is 27.6 Å². The van der Waals surface area contributed by atoms with Crippen LogP contribution in [0.5, 0.6) is 0 Å². The number of thioether (sulfide) groups is 1. The largest absolute Gasteiger partial charge is 0.293 e. The minimum atomic E-state index is -3.18. The zero-order valence-corrected chi connectivity index (χ0v) is 16.5. The van der Waals surface area contributed by atoms with Crippen LogP contribution in [0.15, 0.2) is 65.7 Å². The summed E-state index contributed by atoms with van der Waals surface area (Å²) in [5.41, 5.74) is 2.55. The summed E-state index contributed by atoms with van der Waals surface area (Å²) in [6.45, 7) is 0.344. The number of carbonyl (C=O) groups is 1. The molecule has 7 heteroatoms. The molecule has 1 N–H and O–H groups in total. The van der Waals surface area contributed by atoms with Gasteiger partial charge in [0.15, 0.2) is 5.78 Å². The van der Waals surface area contributed by atoms with E-state index in [0.29, 0.717) is 24.3 Å². The number of hydrogen-bond acceptors (Lipinski definition) is 5. The first-order chi connectivity index (χ1) is 12.9. The molecule has 0 aliphatic carbocycles. The molecule has 0 saturated heterocycles. The van der Waals surface area contributed by atoms with E-state index in [1.165, 1.54) is 11.8 Å². The zero-order chi connectivity index (χ0) is 19.3. The van der Waals surface area contributed by atoms with Crippen molar-refractivity contribution in [3.63, 3.8) is 0 Å². The highest BCUT2D eigenvalue weighted by Gasteiger charge is 2.09. The van der Waals surface area contributed by atoms with E-state index < -0.39 is 10.0 Å². The first-order valence-electron chi connectivity index (χ1n) is 8.46. The summed E-state index contributed by atoms with van der Waals surface area (Å²) >= 11 is 1.51. The molecule has 0 atom stereocenters. The SMILES string of the molecule is CS(=O)(=O)NCCc1ccc(C(=O)CSc2ccnc3ccccc23)cc1. The number of carbonyl (C=O) groups excluding carboxylic acids is 1. The fourth-order valence-electron chi connectivity index (χ4n) is 2.66. The molecule has 0 spiro atoms. The molecule has 0 aliphatic heterocycles. The Labute approximate surface area is 163 Å². The summed E-state index contributed by atoms with van der Waals surface area (Å²) in [4.78, 5) is 17.9. The number of ketones is 1. The number of hydrogen-bond donors (Lipinski definition) is 1. The van der Waals surface area contributed by atoms with Crippen LogP contribution in [0.1, 0.15) is 15.9 Å². The molecule has 1 heterocycles. The van der Waals surface area contributed by atoms with Gasteiger partial charge in [0.05, 0.1) is 17.5 Å². The van der Waals surface area contributed by atoms with E-state index in [1.807, 2.05) is 42.5 Å². The molecule has 3 aromatic rings. The number of benzene rings is 2. The number of nitrogens with one attached hydrogen (secondary N) is 1. The maximum absolute atomic E-state index is 12.5. The van der Waals surface area contributed by atoms with Crippen LogP contribution in [-0.2, 0) is 16.4 Å². The van der Waals surface area contributed by atoms with Gasteiger partial charge in [-0.25, -0.2) is 13.1 Å². The third kappa shape index (κ3) is 5.63. The summed E-state index contributed by atoms with van der Waals surface area (Å²) in [7, 11) is -3.18. The van der Waals surface area contributed by atoms with Gasteiger partial charge in [0.2, 0.25) is 10.0 Å². The van der Waals surface area contributed by atoms with Crippen LogP contribution in [0.2, 0.25) is 0 Å². The van der Waals surface area contributed by atoms with Crippen molar-refractivity contribution >= 4 is 38.5 Å². The summed E-state index contributed by atoms with van der Waals surface area (Å²) in [5, 5.41) is 1.05. The van der Waals surface area contributed by atoms with E-state index in [1.54, 1.807) is 18.3 Å². The van der Waals surface area contributed by atoms with Crippen LogP contribution >= 0.6 is 11.8 Å². The minimum absolute atomic E-state index is 0.0571. The van der Waals surface area contributed by atoms with Crippen LogP contribution in [0.4, 0.5) is 0 Å². The summed E-state index contributed by atoms with van der Waals surface area (Å²) in [6, 6.07) is 17.1. The number of pyridine rings is 1. The Balaban J connectivity index is 1.59. The van der Waals surface area contributed by atoms with Gasteiger partial charge in [-0.15, -0.1) is 11.8 Å². The van der Waals surface area contributed by atoms with E-state index in [9.17, 15) is 13.2 Å². The number of nitrogens with zero attached hydrogens (tertiary/aromatic N) is 1. The van der Waals surface area contributed by atoms with Gasteiger partial charge < -0.3 is 0 Å². The third-order valence-electron chi connectivity index (χ3n) is 4.02. The Hall–Kier alpha value is -2.22. The molecule has 0 saturated carbocycles. The molecule has 3 rings (SSSR count). The molecule has 0 aliphatic rings. The second kappa shape index (κ2) is 8.65. The van der Waals surface area contributed by atoms with Crippen molar-refractivity contribution in [3.8, 4) is 0 Å². The fourth-order valence-corrected chi connectivity index (χ4v) is 4.07. The first-order valence-corrected chi connectivity index (χ1v) is 11.3. The lowest BCUT2D eigenvalue weighted by molar-refractivity contribution is 0.102. The Kier molecular flexibility index (Phi) is 6.26. The molecule has 0 radical (unpaired) electrons. The molecule has 2 aromatic carbocycles. The fraction of sp³-hybridized carbons (Fsp3) is 0.200. The average molecular weight is 401 g/mol. The third-order valence-corrected chi connectivity index (χ3v) is 5.82. The smallest absolute Gasteiger partial charge is 0.208 e. The Morgan fingerprint density at radius 1 is 1.07 bits per heavy atom. The average Bonchev–Trinajstić information content (AvgIpc) is 2.65. The van der Waals surface area contributed by atoms with E-state index >= 15 is 0 Å². The number of Topliss-reactive ketones (excluding diaryl/α,β-unsaturated/α-hetero) is 1. The van der Waals surface area contributed by atoms with Crippen molar-refractivity contribution in [2.75, 3.05) is 18.6 Å². The quantitative estimate of drug-likeness (QED) is 0.464. The van der Waals surface area contributed by atoms with Gasteiger partial charge >= 0.3 is 0 Å². The monoisotopic (exact) mass is 400 g/mol. The van der Waals surface area contributed by atoms with Gasteiger partial charge in [-0.3, -0.25) is 9.78 Å².